The fraction of sp³-hybridized carbons (Fsp3) is 0.200. The van der Waals surface area contributed by atoms with Gasteiger partial charge in [0.2, 0.25) is 11.8 Å². The molecule has 1 atom stereocenters. The zero-order valence-electron chi connectivity index (χ0n) is 13.6. The molecule has 1 aromatic heterocycles. The van der Waals surface area contributed by atoms with Crippen LogP contribution in [-0.4, -0.2) is 18.4 Å². The minimum atomic E-state index is -0.336. The van der Waals surface area contributed by atoms with Gasteiger partial charge in [0.25, 0.3) is 0 Å². The summed E-state index contributed by atoms with van der Waals surface area (Å²) in [4.78, 5) is 26.3. The van der Waals surface area contributed by atoms with Crippen molar-refractivity contribution in [3.8, 4) is 0 Å². The summed E-state index contributed by atoms with van der Waals surface area (Å²) in [5, 5.41) is 3.89. The van der Waals surface area contributed by atoms with Crippen molar-refractivity contribution in [2.45, 2.75) is 13.0 Å². The molecule has 0 aliphatic carbocycles. The highest BCUT2D eigenvalue weighted by Crippen LogP contribution is 2.25. The third kappa shape index (κ3) is 3.13. The molecule has 2 aromatic carbocycles. The molecule has 0 saturated carbocycles. The number of nitrogens with zero attached hydrogens (tertiary/aromatic N) is 1. The highest BCUT2D eigenvalue weighted by Gasteiger charge is 2.34. The number of nitrogens with one attached hydrogen (secondary N) is 1. The molecule has 4 rings (SSSR count). The number of benzene rings is 2. The lowest BCUT2D eigenvalue weighted by Gasteiger charge is -2.16. The number of furan rings is 1. The average Bonchev–Trinajstić information content (AvgIpc) is 3.23. The standard InChI is InChI=1S/C20H18N2O3/c23-19-11-15(13-22(19)16-7-2-1-3-8-16)20(24)21-12-17-10-14-6-4-5-9-18(14)25-17/h1-10,15H,11-13H2,(H,21,24)/t15-/m1/s1. The molecule has 1 aliphatic rings. The van der Waals surface area contributed by atoms with Gasteiger partial charge in [-0.05, 0) is 24.3 Å². The Morgan fingerprint density at radius 1 is 1.12 bits per heavy atom. The maximum Gasteiger partial charge on any atom is 0.227 e. The Morgan fingerprint density at radius 2 is 1.88 bits per heavy atom. The molecule has 1 aliphatic heterocycles. The number of rotatable bonds is 4. The predicted octanol–water partition coefficient (Wildman–Crippen LogP) is 3.10. The lowest BCUT2D eigenvalue weighted by atomic mass is 10.1. The highest BCUT2D eigenvalue weighted by atomic mass is 16.3. The second kappa shape index (κ2) is 6.43. The number of fused-ring (bicyclic) bond motifs is 1. The van der Waals surface area contributed by atoms with Gasteiger partial charge >= 0.3 is 0 Å². The summed E-state index contributed by atoms with van der Waals surface area (Å²) in [5.41, 5.74) is 1.64. The second-order valence-corrected chi connectivity index (χ2v) is 6.21. The first-order valence-electron chi connectivity index (χ1n) is 8.31. The molecule has 0 bridgehead atoms. The van der Waals surface area contributed by atoms with E-state index in [1.54, 1.807) is 4.90 Å². The molecule has 0 radical (unpaired) electrons. The van der Waals surface area contributed by atoms with Crippen LogP contribution >= 0.6 is 0 Å². The summed E-state index contributed by atoms with van der Waals surface area (Å²) >= 11 is 0. The molecule has 1 fully saturated rings. The maximum absolute atomic E-state index is 12.4. The zero-order chi connectivity index (χ0) is 17.2. The average molecular weight is 334 g/mol. The molecule has 5 nitrogen and oxygen atoms in total. The van der Waals surface area contributed by atoms with E-state index in [0.29, 0.717) is 18.8 Å². The van der Waals surface area contributed by atoms with Crippen molar-refractivity contribution < 1.29 is 14.0 Å². The summed E-state index contributed by atoms with van der Waals surface area (Å²) in [6, 6.07) is 19.1. The molecule has 2 amide bonds. The quantitative estimate of drug-likeness (QED) is 0.797. The summed E-state index contributed by atoms with van der Waals surface area (Å²) in [6.45, 7) is 0.734. The van der Waals surface area contributed by atoms with Crippen LogP contribution in [-0.2, 0) is 16.1 Å². The van der Waals surface area contributed by atoms with Gasteiger partial charge < -0.3 is 14.6 Å². The third-order valence-corrected chi connectivity index (χ3v) is 4.48. The molecular formula is C20H18N2O3. The molecule has 1 saturated heterocycles. The number of anilines is 1. The number of hydrogen-bond donors (Lipinski definition) is 1. The Labute approximate surface area is 145 Å². The minimum absolute atomic E-state index is 0.0184. The van der Waals surface area contributed by atoms with Gasteiger partial charge in [0.05, 0.1) is 12.5 Å². The summed E-state index contributed by atoms with van der Waals surface area (Å²) < 4.78 is 5.70. The van der Waals surface area contributed by atoms with Gasteiger partial charge in [-0.15, -0.1) is 0 Å². The van der Waals surface area contributed by atoms with Crippen molar-refractivity contribution in [2.75, 3.05) is 11.4 Å². The van der Waals surface area contributed by atoms with Gasteiger partial charge in [0.1, 0.15) is 11.3 Å². The molecule has 25 heavy (non-hydrogen) atoms. The van der Waals surface area contributed by atoms with Crippen molar-refractivity contribution in [1.82, 2.24) is 5.32 Å². The number of amides is 2. The van der Waals surface area contributed by atoms with Crippen molar-refractivity contribution in [1.29, 1.82) is 0 Å². The first kappa shape index (κ1) is 15.4. The molecule has 2 heterocycles. The fourth-order valence-electron chi connectivity index (χ4n) is 3.18. The Bertz CT molecular complexity index is 884. The van der Waals surface area contributed by atoms with Crippen LogP contribution in [0.25, 0.3) is 11.0 Å². The van der Waals surface area contributed by atoms with Crippen molar-refractivity contribution >= 4 is 28.5 Å². The smallest absolute Gasteiger partial charge is 0.227 e. The SMILES string of the molecule is O=C(NCc1cc2ccccc2o1)[C@@H]1CC(=O)N(c2ccccc2)C1. The van der Waals surface area contributed by atoms with Gasteiger partial charge in [-0.25, -0.2) is 0 Å². The summed E-state index contributed by atoms with van der Waals surface area (Å²) in [6.07, 6.45) is 0.237. The number of carbonyl (C=O) groups excluding carboxylic acids is 2. The van der Waals surface area contributed by atoms with E-state index >= 15 is 0 Å². The van der Waals surface area contributed by atoms with Crippen LogP contribution in [0, 0.1) is 5.92 Å². The number of para-hydroxylation sites is 2. The first-order valence-corrected chi connectivity index (χ1v) is 8.31. The molecule has 0 spiro atoms. The molecular weight excluding hydrogens is 316 g/mol. The topological polar surface area (TPSA) is 62.6 Å². The van der Waals surface area contributed by atoms with E-state index in [4.69, 9.17) is 4.42 Å². The van der Waals surface area contributed by atoms with E-state index in [-0.39, 0.29) is 24.2 Å². The fourth-order valence-corrected chi connectivity index (χ4v) is 3.18. The van der Waals surface area contributed by atoms with Gasteiger partial charge in [-0.3, -0.25) is 9.59 Å². The van der Waals surface area contributed by atoms with E-state index in [1.807, 2.05) is 60.7 Å². The molecule has 0 unspecified atom stereocenters. The Balaban J connectivity index is 1.39. The molecule has 1 N–H and O–H groups in total. The van der Waals surface area contributed by atoms with Crippen LogP contribution in [0.15, 0.2) is 65.1 Å². The predicted molar refractivity (Wildman–Crippen MR) is 95.0 cm³/mol. The summed E-state index contributed by atoms with van der Waals surface area (Å²) in [5.74, 6) is 0.234. The lowest BCUT2D eigenvalue weighted by molar-refractivity contribution is -0.126. The lowest BCUT2D eigenvalue weighted by Crippen LogP contribution is -2.32. The largest absolute Gasteiger partial charge is 0.459 e. The molecule has 126 valence electrons. The van der Waals surface area contributed by atoms with Crippen LogP contribution in [0.3, 0.4) is 0 Å². The molecule has 3 aromatic rings. The normalized spacial score (nSPS) is 17.2. The van der Waals surface area contributed by atoms with Gasteiger partial charge in [-0.1, -0.05) is 36.4 Å². The first-order chi connectivity index (χ1) is 12.2. The van der Waals surface area contributed by atoms with E-state index in [9.17, 15) is 9.59 Å². The van der Waals surface area contributed by atoms with Gasteiger partial charge in [-0.2, -0.15) is 0 Å². The van der Waals surface area contributed by atoms with E-state index in [2.05, 4.69) is 5.32 Å². The Hall–Kier alpha value is -3.08. The Morgan fingerprint density at radius 3 is 2.68 bits per heavy atom. The summed E-state index contributed by atoms with van der Waals surface area (Å²) in [7, 11) is 0. The number of hydrogen-bond acceptors (Lipinski definition) is 3. The van der Waals surface area contributed by atoms with Crippen molar-refractivity contribution in [3.63, 3.8) is 0 Å². The van der Waals surface area contributed by atoms with Crippen LogP contribution in [0.2, 0.25) is 0 Å². The van der Waals surface area contributed by atoms with E-state index in [0.717, 1.165) is 16.7 Å². The van der Waals surface area contributed by atoms with Gasteiger partial charge in [0.15, 0.2) is 0 Å². The highest BCUT2D eigenvalue weighted by molar-refractivity contribution is 6.00. The van der Waals surface area contributed by atoms with E-state index in [1.165, 1.54) is 0 Å². The maximum atomic E-state index is 12.4. The van der Waals surface area contributed by atoms with Crippen LogP contribution in [0.1, 0.15) is 12.2 Å². The van der Waals surface area contributed by atoms with Crippen molar-refractivity contribution in [3.05, 3.63) is 66.4 Å². The van der Waals surface area contributed by atoms with Gasteiger partial charge in [0, 0.05) is 24.0 Å². The van der Waals surface area contributed by atoms with E-state index < -0.39 is 0 Å². The second-order valence-electron chi connectivity index (χ2n) is 6.21. The van der Waals surface area contributed by atoms with Crippen LogP contribution < -0.4 is 10.2 Å². The Kier molecular flexibility index (Phi) is 3.98. The van der Waals surface area contributed by atoms with Crippen molar-refractivity contribution in [2.24, 2.45) is 5.92 Å². The van der Waals surface area contributed by atoms with Crippen LogP contribution in [0.4, 0.5) is 5.69 Å². The monoisotopic (exact) mass is 334 g/mol. The van der Waals surface area contributed by atoms with Crippen LogP contribution in [0.5, 0.6) is 0 Å². The number of carbonyl (C=O) groups is 2. The zero-order valence-corrected chi connectivity index (χ0v) is 13.6. The molecule has 5 heteroatoms. The minimum Gasteiger partial charge on any atom is -0.459 e. The third-order valence-electron chi connectivity index (χ3n) is 4.48.